The number of piperidine rings is 2. The van der Waals surface area contributed by atoms with Gasteiger partial charge >= 0.3 is 0 Å². The maximum absolute atomic E-state index is 14.1. The van der Waals surface area contributed by atoms with Crippen LogP contribution in [0.1, 0.15) is 114 Å². The number of hydrogen-bond acceptors (Lipinski definition) is 3. The molecule has 1 N–H and O–H groups in total. The van der Waals surface area contributed by atoms with Crippen molar-refractivity contribution in [2.24, 2.45) is 17.8 Å². The van der Waals surface area contributed by atoms with Gasteiger partial charge in [0.05, 0.1) is 12.5 Å². The van der Waals surface area contributed by atoms with Gasteiger partial charge in [-0.2, -0.15) is 0 Å². The monoisotopic (exact) mass is 524 g/mol. The van der Waals surface area contributed by atoms with Crippen LogP contribution >= 0.6 is 0 Å². The molecule has 4 nitrogen and oxygen atoms in total. The molecular weight excluding hydrogens is 470 g/mol. The molecule has 3 atom stereocenters. The fraction of sp³-hybridized carbons (Fsp3) is 0.742. The van der Waals surface area contributed by atoms with Gasteiger partial charge in [0.2, 0.25) is 11.8 Å². The molecule has 37 heavy (non-hydrogen) atoms. The Kier molecular flexibility index (Phi) is 17.3. The highest BCUT2D eigenvalue weighted by atomic mass is 19.3. The van der Waals surface area contributed by atoms with Crippen LogP contribution in [0.5, 0.6) is 0 Å². The van der Waals surface area contributed by atoms with Crippen LogP contribution in [0.3, 0.4) is 0 Å². The fourth-order valence-corrected chi connectivity index (χ4v) is 4.14. The Bertz CT molecular complexity index is 780. The van der Waals surface area contributed by atoms with Crippen molar-refractivity contribution in [3.8, 4) is 0 Å². The number of halogens is 2. The number of nitrogens with one attached hydrogen (secondary N) is 1. The molecule has 2 saturated heterocycles. The molecule has 0 saturated carbocycles. The number of allylic oxidation sites excluding steroid dienone is 4. The van der Waals surface area contributed by atoms with Gasteiger partial charge in [0, 0.05) is 24.6 Å². The highest BCUT2D eigenvalue weighted by Crippen LogP contribution is 2.35. The van der Waals surface area contributed by atoms with E-state index in [1.807, 2.05) is 39.0 Å². The second kappa shape index (κ2) is 18.3. The number of carbonyl (C=O) groups is 2. The first kappa shape index (κ1) is 35.0. The minimum Gasteiger partial charge on any atom is -0.366 e. The van der Waals surface area contributed by atoms with Crippen molar-refractivity contribution in [3.63, 3.8) is 0 Å². The summed E-state index contributed by atoms with van der Waals surface area (Å²) in [5.74, 6) is -3.30. The first-order chi connectivity index (χ1) is 17.4. The van der Waals surface area contributed by atoms with E-state index in [0.29, 0.717) is 25.8 Å². The number of rotatable bonds is 8. The predicted octanol–water partition coefficient (Wildman–Crippen LogP) is 8.45. The summed E-state index contributed by atoms with van der Waals surface area (Å²) in [6.45, 7) is 18.7. The van der Waals surface area contributed by atoms with Crippen molar-refractivity contribution in [1.82, 2.24) is 10.2 Å². The lowest BCUT2D eigenvalue weighted by molar-refractivity contribution is -0.135. The third-order valence-electron chi connectivity index (χ3n) is 7.19. The summed E-state index contributed by atoms with van der Waals surface area (Å²) >= 11 is 0. The van der Waals surface area contributed by atoms with Crippen LogP contribution in [0, 0.1) is 17.8 Å². The molecule has 0 bridgehead atoms. The molecule has 3 unspecified atom stereocenters. The molecule has 0 aliphatic carbocycles. The molecule has 2 heterocycles. The summed E-state index contributed by atoms with van der Waals surface area (Å²) < 4.78 is 28.3. The average Bonchev–Trinajstić information content (AvgIpc) is 2.84. The molecule has 0 aromatic rings. The molecular formula is C31H54F2N2O2. The summed E-state index contributed by atoms with van der Waals surface area (Å²) in [5, 5.41) is 2.36. The van der Waals surface area contributed by atoms with Crippen molar-refractivity contribution < 1.29 is 18.4 Å². The van der Waals surface area contributed by atoms with Crippen LogP contribution < -0.4 is 5.32 Å². The minimum absolute atomic E-state index is 0.250. The van der Waals surface area contributed by atoms with Crippen LogP contribution in [0.4, 0.5) is 8.78 Å². The van der Waals surface area contributed by atoms with E-state index < -0.39 is 11.8 Å². The van der Waals surface area contributed by atoms with Crippen molar-refractivity contribution in [2.75, 3.05) is 13.1 Å². The summed E-state index contributed by atoms with van der Waals surface area (Å²) in [6.07, 6.45) is 13.4. The number of imide groups is 1. The number of likely N-dealkylation sites (tertiary alicyclic amines) is 1. The lowest BCUT2D eigenvalue weighted by atomic mass is 9.89. The zero-order valence-electron chi connectivity index (χ0n) is 25.1. The number of unbranched alkanes of at least 4 members (excludes halogenated alkanes) is 1. The van der Waals surface area contributed by atoms with Crippen molar-refractivity contribution in [3.05, 3.63) is 35.1 Å². The maximum atomic E-state index is 14.1. The van der Waals surface area contributed by atoms with Crippen LogP contribution in [0.25, 0.3) is 0 Å². The number of amides is 2. The lowest BCUT2D eigenvalue weighted by Crippen LogP contribution is -2.47. The van der Waals surface area contributed by atoms with Gasteiger partial charge in [-0.1, -0.05) is 91.4 Å². The smallest absolute Gasteiger partial charge is 0.267 e. The minimum atomic E-state index is -2.71. The van der Waals surface area contributed by atoms with Crippen molar-refractivity contribution in [2.45, 2.75) is 120 Å². The molecule has 0 radical (unpaired) electrons. The van der Waals surface area contributed by atoms with Crippen molar-refractivity contribution >= 4 is 11.8 Å². The van der Waals surface area contributed by atoms with Gasteiger partial charge in [0.1, 0.15) is 0 Å². The molecule has 6 heteroatoms. The second-order valence-corrected chi connectivity index (χ2v) is 10.7. The van der Waals surface area contributed by atoms with Crippen LogP contribution in [0.15, 0.2) is 35.1 Å². The van der Waals surface area contributed by atoms with Gasteiger partial charge in [0.15, 0.2) is 0 Å². The molecule has 2 aliphatic heterocycles. The summed E-state index contributed by atoms with van der Waals surface area (Å²) in [7, 11) is 0. The van der Waals surface area contributed by atoms with E-state index in [-0.39, 0.29) is 24.3 Å². The highest BCUT2D eigenvalue weighted by molar-refractivity contribution is 6.00. The van der Waals surface area contributed by atoms with Gasteiger partial charge in [0.25, 0.3) is 5.92 Å². The zero-order valence-corrected chi connectivity index (χ0v) is 25.1. The standard InChI is InChI=1S/C20H28F2N2O2.C7H16.C4H10/c1-5-15(16-7-9-18(25)23-19(16)26)6-8-17(13(2)3)24-11-10-14(4)20(21,22)12-24;1-4-6-7(3)5-2;1-3-4-2/h5-6,8,14,16H,7,9-12H2,1-4H3,(H,23,25,26);7H,4-6H2,1-3H3;3-4H2,1-2H3/b8-6-,15-5+;;. The molecule has 214 valence electrons. The van der Waals surface area contributed by atoms with Gasteiger partial charge < -0.3 is 4.90 Å². The van der Waals surface area contributed by atoms with Gasteiger partial charge in [-0.05, 0) is 51.2 Å². The highest BCUT2D eigenvalue weighted by Gasteiger charge is 2.42. The first-order valence-electron chi connectivity index (χ1n) is 14.4. The largest absolute Gasteiger partial charge is 0.366 e. The Morgan fingerprint density at radius 2 is 1.70 bits per heavy atom. The summed E-state index contributed by atoms with van der Waals surface area (Å²) in [6, 6.07) is 0. The zero-order chi connectivity index (χ0) is 28.6. The number of carbonyl (C=O) groups excluding carboxylic acids is 2. The quantitative estimate of drug-likeness (QED) is 0.256. The molecule has 2 fully saturated rings. The second-order valence-electron chi connectivity index (χ2n) is 10.7. The Morgan fingerprint density at radius 1 is 1.08 bits per heavy atom. The number of alkyl halides is 2. The van der Waals surface area contributed by atoms with Gasteiger partial charge in [-0.15, -0.1) is 0 Å². The number of nitrogens with zero attached hydrogens (tertiary/aromatic N) is 1. The average molecular weight is 525 g/mol. The van der Waals surface area contributed by atoms with E-state index in [1.54, 1.807) is 11.8 Å². The maximum Gasteiger partial charge on any atom is 0.267 e. The number of hydrogen-bond donors (Lipinski definition) is 1. The van der Waals surface area contributed by atoms with E-state index in [1.165, 1.54) is 32.1 Å². The Hall–Kier alpha value is -1.98. The van der Waals surface area contributed by atoms with Crippen LogP contribution in [-0.2, 0) is 9.59 Å². The van der Waals surface area contributed by atoms with E-state index in [4.69, 9.17) is 0 Å². The topological polar surface area (TPSA) is 49.4 Å². The van der Waals surface area contributed by atoms with E-state index in [2.05, 4.69) is 39.9 Å². The van der Waals surface area contributed by atoms with Crippen LogP contribution in [0.2, 0.25) is 0 Å². The Labute approximate surface area is 226 Å². The lowest BCUT2D eigenvalue weighted by Gasteiger charge is -2.39. The molecule has 2 amide bonds. The SMILES string of the molecule is C/C=C(\C=C/C(=C(C)C)N1CCC(C)C(F)(F)C1)C1CCC(=O)NC1=O.CCCC.CCCC(C)CC. The fourth-order valence-electron chi connectivity index (χ4n) is 4.14. The van der Waals surface area contributed by atoms with E-state index in [9.17, 15) is 18.4 Å². The van der Waals surface area contributed by atoms with E-state index >= 15 is 0 Å². The van der Waals surface area contributed by atoms with Gasteiger partial charge in [-0.3, -0.25) is 14.9 Å². The first-order valence-corrected chi connectivity index (χ1v) is 14.4. The summed E-state index contributed by atoms with van der Waals surface area (Å²) in [4.78, 5) is 25.1. The Balaban J connectivity index is 0.000000988. The molecule has 2 rings (SSSR count). The Morgan fingerprint density at radius 3 is 2.11 bits per heavy atom. The molecule has 2 aliphatic rings. The molecule has 0 aromatic heterocycles. The molecule has 0 aromatic carbocycles. The van der Waals surface area contributed by atoms with E-state index in [0.717, 1.165) is 22.8 Å². The normalized spacial score (nSPS) is 22.4. The third kappa shape index (κ3) is 12.9. The predicted molar refractivity (Wildman–Crippen MR) is 152 cm³/mol. The third-order valence-corrected chi connectivity index (χ3v) is 7.19. The van der Waals surface area contributed by atoms with Gasteiger partial charge in [-0.25, -0.2) is 8.78 Å². The summed E-state index contributed by atoms with van der Waals surface area (Å²) in [5.41, 5.74) is 2.51. The molecule has 0 spiro atoms. The van der Waals surface area contributed by atoms with Crippen molar-refractivity contribution in [1.29, 1.82) is 0 Å². The van der Waals surface area contributed by atoms with Crippen LogP contribution in [-0.4, -0.2) is 35.7 Å².